The molecule has 0 aromatic heterocycles. The molecule has 4 aromatic rings. The zero-order chi connectivity index (χ0) is 50.8. The first kappa shape index (κ1) is 47.4. The van der Waals surface area contributed by atoms with E-state index in [4.69, 9.17) is 28.4 Å². The molecule has 0 amide bonds. The van der Waals surface area contributed by atoms with E-state index in [2.05, 4.69) is 0 Å². The van der Waals surface area contributed by atoms with Crippen molar-refractivity contribution < 1.29 is 139 Å². The van der Waals surface area contributed by atoms with E-state index in [1.165, 1.54) is 0 Å². The molecular formula is C41H30O28. The van der Waals surface area contributed by atoms with Crippen LogP contribution in [-0.2, 0) is 42.8 Å². The lowest BCUT2D eigenvalue weighted by Gasteiger charge is -2.43. The van der Waals surface area contributed by atoms with Crippen molar-refractivity contribution in [1.82, 2.24) is 0 Å². The molecule has 0 unspecified atom stereocenters. The van der Waals surface area contributed by atoms with Gasteiger partial charge in [-0.05, 0) is 30.3 Å². The smallest absolute Gasteiger partial charge is 0.346 e. The number of rotatable bonds is 7. The van der Waals surface area contributed by atoms with Crippen LogP contribution in [0.4, 0.5) is 0 Å². The van der Waals surface area contributed by atoms with Gasteiger partial charge in [0.05, 0.1) is 33.7 Å². The maximum absolute atomic E-state index is 14.5. The molecule has 2 bridgehead atoms. The number of benzene rings is 4. The van der Waals surface area contributed by atoms with Crippen LogP contribution < -0.4 is 0 Å². The van der Waals surface area contributed by atoms with Gasteiger partial charge in [-0.2, -0.15) is 0 Å². The number of ether oxygens (including phenoxy) is 6. The van der Waals surface area contributed by atoms with Crippen molar-refractivity contribution in [2.24, 2.45) is 0 Å². The van der Waals surface area contributed by atoms with Crippen molar-refractivity contribution in [2.75, 3.05) is 6.61 Å². The van der Waals surface area contributed by atoms with Crippen LogP contribution in [0.1, 0.15) is 52.9 Å². The Bertz CT molecular complexity index is 2950. The molecular weight excluding hydrogens is 940 g/mol. The van der Waals surface area contributed by atoms with Crippen LogP contribution in [0.5, 0.6) is 69.0 Å². The third-order valence-corrected chi connectivity index (χ3v) is 10.7. The molecule has 7 atom stereocenters. The van der Waals surface area contributed by atoms with Gasteiger partial charge in [0.2, 0.25) is 29.6 Å². The molecule has 0 saturated carbocycles. The molecule has 3 heterocycles. The molecule has 1 saturated heterocycles. The molecule has 362 valence electrons. The summed E-state index contributed by atoms with van der Waals surface area (Å²) in [7, 11) is 0. The van der Waals surface area contributed by atoms with Gasteiger partial charge in [0.1, 0.15) is 12.7 Å². The standard InChI is InChI=1S/C41H30O28/c42-13-1-8(2-14(43)24(13)49)36(59)69-41-31(56)34-32(66-40(63)12(6-19(47)48)23-22-11(5-17(46)27(52)30(22)55)38(61)67-33(23)35(57)58)18(65-41)7-64-37(60)9-3-15(44)25(50)28(53)20(9)21-10(39(62)68-34)4-16(45)26(51)29(21)54/h1-6,18,23,31-34,41-46,49-56H,7H2,(H,47,48)(H,57,58)/t18-,23-,31-,32+,33-,34-,41+/m1/s1. The molecule has 15 N–H and O–H groups in total. The second-order valence-corrected chi connectivity index (χ2v) is 14.8. The minimum atomic E-state index is -2.71. The number of esters is 5. The molecule has 0 aliphatic carbocycles. The van der Waals surface area contributed by atoms with Crippen LogP contribution >= 0.6 is 0 Å². The average molecular weight is 971 g/mol. The van der Waals surface area contributed by atoms with E-state index in [0.717, 1.165) is 0 Å². The fraction of sp³-hybridized carbons (Fsp3) is 0.195. The van der Waals surface area contributed by atoms with Gasteiger partial charge in [-0.3, -0.25) is 0 Å². The van der Waals surface area contributed by atoms with Crippen LogP contribution in [-0.4, -0.2) is 162 Å². The Hall–Kier alpha value is -9.57. The Balaban J connectivity index is 1.41. The number of aliphatic carboxylic acids is 2. The molecule has 3 aliphatic rings. The van der Waals surface area contributed by atoms with Crippen molar-refractivity contribution >= 4 is 41.8 Å². The van der Waals surface area contributed by atoms with Gasteiger partial charge >= 0.3 is 41.8 Å². The second-order valence-electron chi connectivity index (χ2n) is 14.8. The highest BCUT2D eigenvalue weighted by molar-refractivity contribution is 6.09. The number of carboxylic acids is 2. The molecule has 3 aliphatic heterocycles. The quantitative estimate of drug-likeness (QED) is 0.0493. The highest BCUT2D eigenvalue weighted by atomic mass is 16.7. The van der Waals surface area contributed by atoms with E-state index in [0.29, 0.717) is 30.3 Å². The first-order valence-corrected chi connectivity index (χ1v) is 18.9. The normalized spacial score (nSPS) is 22.1. The molecule has 28 nitrogen and oxygen atoms in total. The summed E-state index contributed by atoms with van der Waals surface area (Å²) < 4.78 is 32.0. The lowest BCUT2D eigenvalue weighted by Crippen LogP contribution is -2.62. The predicted octanol–water partition coefficient (Wildman–Crippen LogP) is -0.210. The van der Waals surface area contributed by atoms with Crippen molar-refractivity contribution in [3.05, 3.63) is 69.8 Å². The molecule has 1 fully saturated rings. The minimum absolute atomic E-state index is 0.0453. The van der Waals surface area contributed by atoms with Crippen molar-refractivity contribution in [2.45, 2.75) is 42.7 Å². The number of hydrogen-bond donors (Lipinski definition) is 15. The molecule has 28 heteroatoms. The minimum Gasteiger partial charge on any atom is -0.504 e. The van der Waals surface area contributed by atoms with E-state index in [1.807, 2.05) is 0 Å². The Morgan fingerprint density at radius 2 is 1.09 bits per heavy atom. The van der Waals surface area contributed by atoms with Crippen molar-refractivity contribution in [1.29, 1.82) is 0 Å². The van der Waals surface area contributed by atoms with Crippen LogP contribution in [0.2, 0.25) is 0 Å². The fourth-order valence-electron chi connectivity index (χ4n) is 7.49. The topological polar surface area (TPSA) is 478 Å². The molecule has 4 aromatic carbocycles. The highest BCUT2D eigenvalue weighted by Crippen LogP contribution is 2.54. The fourth-order valence-corrected chi connectivity index (χ4v) is 7.49. The maximum atomic E-state index is 14.5. The lowest BCUT2D eigenvalue weighted by molar-refractivity contribution is -0.287. The van der Waals surface area contributed by atoms with E-state index in [9.17, 15) is 110 Å². The Kier molecular flexibility index (Phi) is 11.9. The zero-order valence-corrected chi connectivity index (χ0v) is 33.7. The maximum Gasteiger partial charge on any atom is 0.346 e. The number of phenols is 12. The van der Waals surface area contributed by atoms with Crippen molar-refractivity contribution in [3.63, 3.8) is 0 Å². The van der Waals surface area contributed by atoms with E-state index >= 15 is 0 Å². The molecule has 69 heavy (non-hydrogen) atoms. The van der Waals surface area contributed by atoms with Crippen molar-refractivity contribution in [3.8, 4) is 80.1 Å². The second kappa shape index (κ2) is 17.3. The number of fused-ring (bicyclic) bond motifs is 6. The number of carboxylic acid groups (broad SMARTS) is 2. The first-order valence-electron chi connectivity index (χ1n) is 18.9. The van der Waals surface area contributed by atoms with Gasteiger partial charge in [-0.15, -0.1) is 0 Å². The first-order chi connectivity index (χ1) is 32.3. The SMILES string of the molecule is O=C(O)C=C(C(=O)O[C@@H]1[C@@H]2OC(=O)c3cc(O)c(O)c(O)c3-c3c(cc(O)c(O)c3O)C(=O)OC[C@H]1O[C@@H](OC(=O)c1cc(O)c(O)c(O)c1)[C@@H]2O)[C@@H]1c2c(cc(O)c(O)c2O)C(=O)O[C@H]1C(=O)O. The van der Waals surface area contributed by atoms with Gasteiger partial charge in [0, 0.05) is 22.8 Å². The number of phenolic OH excluding ortho intramolecular Hbond substituents is 12. The van der Waals surface area contributed by atoms with Gasteiger partial charge in [0.15, 0.2) is 70.1 Å². The lowest BCUT2D eigenvalue weighted by atomic mass is 9.80. The van der Waals surface area contributed by atoms with Gasteiger partial charge in [-0.1, -0.05) is 0 Å². The monoisotopic (exact) mass is 970 g/mol. The summed E-state index contributed by atoms with van der Waals surface area (Å²) in [6.45, 7) is -1.39. The summed E-state index contributed by atoms with van der Waals surface area (Å²) in [5, 5.41) is 157. The van der Waals surface area contributed by atoms with E-state index in [1.54, 1.807) is 0 Å². The van der Waals surface area contributed by atoms with Crippen LogP contribution in [0.3, 0.4) is 0 Å². The summed E-state index contributed by atoms with van der Waals surface area (Å²) in [6, 6.07) is 2.27. The summed E-state index contributed by atoms with van der Waals surface area (Å²) >= 11 is 0. The third kappa shape index (κ3) is 8.11. The Labute approximate surface area is 379 Å². The predicted molar refractivity (Wildman–Crippen MR) is 209 cm³/mol. The van der Waals surface area contributed by atoms with Gasteiger partial charge in [0.25, 0.3) is 0 Å². The third-order valence-electron chi connectivity index (χ3n) is 10.7. The molecule has 7 rings (SSSR count). The van der Waals surface area contributed by atoms with E-state index < -0.39 is 205 Å². The number of aliphatic hydroxyl groups is 1. The average Bonchev–Trinajstić information content (AvgIpc) is 3.28. The number of cyclic esters (lactones) is 2. The summed E-state index contributed by atoms with van der Waals surface area (Å²) in [6.07, 6.45) is -15.5. The van der Waals surface area contributed by atoms with Crippen LogP contribution in [0.25, 0.3) is 11.1 Å². The van der Waals surface area contributed by atoms with Crippen LogP contribution in [0, 0.1) is 0 Å². The summed E-state index contributed by atoms with van der Waals surface area (Å²) in [5.74, 6) is -31.5. The largest absolute Gasteiger partial charge is 0.504 e. The highest BCUT2D eigenvalue weighted by Gasteiger charge is 2.54. The van der Waals surface area contributed by atoms with Crippen LogP contribution in [0.15, 0.2) is 42.0 Å². The molecule has 0 spiro atoms. The van der Waals surface area contributed by atoms with Gasteiger partial charge in [-0.25, -0.2) is 33.6 Å². The Morgan fingerprint density at radius 3 is 1.62 bits per heavy atom. The zero-order valence-electron chi connectivity index (χ0n) is 33.7. The van der Waals surface area contributed by atoms with E-state index in [-0.39, 0.29) is 6.08 Å². The number of aliphatic hydroxyl groups excluding tert-OH is 1. The molecule has 0 radical (unpaired) electrons. The number of carbonyl (C=O) groups is 7. The number of carbonyl (C=O) groups excluding carboxylic acids is 5. The summed E-state index contributed by atoms with van der Waals surface area (Å²) in [5.41, 5.74) is -8.70. The number of hydrogen-bond acceptors (Lipinski definition) is 26. The van der Waals surface area contributed by atoms with Gasteiger partial charge < -0.3 is 105 Å². The Morgan fingerprint density at radius 1 is 0.594 bits per heavy atom. The number of aromatic hydroxyl groups is 12. The summed E-state index contributed by atoms with van der Waals surface area (Å²) in [4.78, 5) is 93.8.